The first-order valence-electron chi connectivity index (χ1n) is 6.43. The number of primary amides is 1. The van der Waals surface area contributed by atoms with Crippen molar-refractivity contribution in [3.8, 4) is 5.75 Å². The van der Waals surface area contributed by atoms with Crippen LogP contribution in [0.4, 0.5) is 5.69 Å². The van der Waals surface area contributed by atoms with Gasteiger partial charge in [-0.3, -0.25) is 9.59 Å². The molecule has 1 aromatic rings. The molecule has 6 heteroatoms. The van der Waals surface area contributed by atoms with E-state index in [1.165, 1.54) is 0 Å². The van der Waals surface area contributed by atoms with Gasteiger partial charge in [0, 0.05) is 5.69 Å². The van der Waals surface area contributed by atoms with Crippen LogP contribution < -0.4 is 21.1 Å². The molecule has 1 aromatic carbocycles. The summed E-state index contributed by atoms with van der Waals surface area (Å²) in [7, 11) is 0. The van der Waals surface area contributed by atoms with E-state index in [-0.39, 0.29) is 12.5 Å². The topological polar surface area (TPSA) is 93.4 Å². The predicted molar refractivity (Wildman–Crippen MR) is 77.5 cm³/mol. The number of carbonyl (C=O) groups excluding carboxylic acids is 2. The van der Waals surface area contributed by atoms with Gasteiger partial charge >= 0.3 is 0 Å². The van der Waals surface area contributed by atoms with Crippen molar-refractivity contribution >= 4 is 17.5 Å². The number of anilines is 1. The van der Waals surface area contributed by atoms with Gasteiger partial charge in [-0.1, -0.05) is 6.92 Å². The van der Waals surface area contributed by atoms with Gasteiger partial charge in [-0.25, -0.2) is 0 Å². The molecule has 0 unspecified atom stereocenters. The summed E-state index contributed by atoms with van der Waals surface area (Å²) in [4.78, 5) is 22.6. The van der Waals surface area contributed by atoms with Crippen LogP contribution in [0.1, 0.15) is 20.8 Å². The van der Waals surface area contributed by atoms with Gasteiger partial charge in [0.25, 0.3) is 5.91 Å². The molecule has 110 valence electrons. The molecule has 0 saturated heterocycles. The highest BCUT2D eigenvalue weighted by atomic mass is 16.5. The van der Waals surface area contributed by atoms with Crippen LogP contribution in [0, 0.1) is 0 Å². The van der Waals surface area contributed by atoms with E-state index in [1.807, 2.05) is 20.8 Å². The summed E-state index contributed by atoms with van der Waals surface area (Å²) in [6.45, 7) is 6.12. The predicted octanol–water partition coefficient (Wildman–Crippen LogP) is 0.877. The Morgan fingerprint density at radius 1 is 1.25 bits per heavy atom. The Hall–Kier alpha value is -2.08. The molecule has 1 rings (SSSR count). The molecule has 20 heavy (non-hydrogen) atoms. The first-order valence-corrected chi connectivity index (χ1v) is 6.43. The van der Waals surface area contributed by atoms with Gasteiger partial charge in [-0.15, -0.1) is 0 Å². The van der Waals surface area contributed by atoms with Crippen molar-refractivity contribution in [1.29, 1.82) is 0 Å². The van der Waals surface area contributed by atoms with Crippen molar-refractivity contribution < 1.29 is 14.3 Å². The maximum absolute atomic E-state index is 12.1. The number of likely N-dealkylation sites (N-methyl/N-ethyl adjacent to an activating group) is 1. The van der Waals surface area contributed by atoms with Crippen LogP contribution >= 0.6 is 0 Å². The first kappa shape index (κ1) is 16.0. The third-order valence-corrected chi connectivity index (χ3v) is 2.68. The maximum atomic E-state index is 12.1. The number of benzene rings is 1. The van der Waals surface area contributed by atoms with Gasteiger partial charge in [-0.05, 0) is 44.7 Å². The number of hydrogen-bond donors (Lipinski definition) is 3. The molecule has 0 bridgehead atoms. The second-order valence-corrected chi connectivity index (χ2v) is 4.89. The standard InChI is InChI=1S/C14H21N3O3/c1-4-16-14(2,3)13(19)17-10-5-7-11(8-6-10)20-9-12(15)18/h5-8,16H,4,9H2,1-3H3,(H2,15,18)(H,17,19). The largest absolute Gasteiger partial charge is 0.484 e. The van der Waals surface area contributed by atoms with Crippen LogP contribution in [0.15, 0.2) is 24.3 Å². The van der Waals surface area contributed by atoms with Crippen molar-refractivity contribution in [3.63, 3.8) is 0 Å². The second-order valence-electron chi connectivity index (χ2n) is 4.89. The summed E-state index contributed by atoms with van der Waals surface area (Å²) >= 11 is 0. The van der Waals surface area contributed by atoms with E-state index < -0.39 is 11.4 Å². The average Bonchev–Trinajstić information content (AvgIpc) is 2.37. The lowest BCUT2D eigenvalue weighted by Crippen LogP contribution is -2.49. The van der Waals surface area contributed by atoms with Gasteiger partial charge in [0.15, 0.2) is 6.61 Å². The van der Waals surface area contributed by atoms with E-state index in [1.54, 1.807) is 24.3 Å². The van der Waals surface area contributed by atoms with Crippen molar-refractivity contribution in [2.75, 3.05) is 18.5 Å². The lowest BCUT2D eigenvalue weighted by atomic mass is 10.0. The first-order chi connectivity index (χ1) is 9.35. The molecule has 6 nitrogen and oxygen atoms in total. The summed E-state index contributed by atoms with van der Waals surface area (Å²) in [5.74, 6) is -0.132. The van der Waals surface area contributed by atoms with Crippen molar-refractivity contribution in [3.05, 3.63) is 24.3 Å². The molecule has 0 fully saturated rings. The monoisotopic (exact) mass is 279 g/mol. The Morgan fingerprint density at radius 2 is 1.85 bits per heavy atom. The van der Waals surface area contributed by atoms with E-state index in [4.69, 9.17) is 10.5 Å². The van der Waals surface area contributed by atoms with Crippen LogP contribution in [0.5, 0.6) is 5.75 Å². The highest BCUT2D eigenvalue weighted by Crippen LogP contribution is 2.17. The lowest BCUT2D eigenvalue weighted by molar-refractivity contribution is -0.121. The zero-order chi connectivity index (χ0) is 15.2. The minimum atomic E-state index is -0.643. The summed E-state index contributed by atoms with van der Waals surface area (Å²) in [6, 6.07) is 6.74. The Morgan fingerprint density at radius 3 is 2.35 bits per heavy atom. The highest BCUT2D eigenvalue weighted by molar-refractivity contribution is 5.97. The van der Waals surface area contributed by atoms with Crippen LogP contribution in [0.3, 0.4) is 0 Å². The minimum Gasteiger partial charge on any atom is -0.484 e. The molecule has 0 aliphatic carbocycles. The van der Waals surface area contributed by atoms with Crippen molar-refractivity contribution in [2.45, 2.75) is 26.3 Å². The Kier molecular flexibility index (Phi) is 5.52. The van der Waals surface area contributed by atoms with Gasteiger partial charge in [0.1, 0.15) is 5.75 Å². The smallest absolute Gasteiger partial charge is 0.255 e. The SMILES string of the molecule is CCNC(C)(C)C(=O)Nc1ccc(OCC(N)=O)cc1. The van der Waals surface area contributed by atoms with Gasteiger partial charge in [-0.2, -0.15) is 0 Å². The molecular formula is C14H21N3O3. The number of carbonyl (C=O) groups is 2. The van der Waals surface area contributed by atoms with Crippen LogP contribution in [0.2, 0.25) is 0 Å². The number of ether oxygens (including phenoxy) is 1. The molecule has 2 amide bonds. The fraction of sp³-hybridized carbons (Fsp3) is 0.429. The minimum absolute atomic E-state index is 0.120. The summed E-state index contributed by atoms with van der Waals surface area (Å²) in [6.07, 6.45) is 0. The number of nitrogens with one attached hydrogen (secondary N) is 2. The number of hydrogen-bond acceptors (Lipinski definition) is 4. The normalized spacial score (nSPS) is 10.9. The maximum Gasteiger partial charge on any atom is 0.255 e. The fourth-order valence-corrected chi connectivity index (χ4v) is 1.60. The Bertz CT molecular complexity index is 469. The van der Waals surface area contributed by atoms with Gasteiger partial charge in [0.05, 0.1) is 5.54 Å². The van der Waals surface area contributed by atoms with E-state index in [9.17, 15) is 9.59 Å². The molecule has 0 aliphatic heterocycles. The van der Waals surface area contributed by atoms with E-state index in [2.05, 4.69) is 10.6 Å². The molecular weight excluding hydrogens is 258 g/mol. The fourth-order valence-electron chi connectivity index (χ4n) is 1.60. The van der Waals surface area contributed by atoms with E-state index >= 15 is 0 Å². The second kappa shape index (κ2) is 6.91. The van der Waals surface area contributed by atoms with Gasteiger partial charge < -0.3 is 21.1 Å². The molecule has 0 atom stereocenters. The van der Waals surface area contributed by atoms with Crippen molar-refractivity contribution in [2.24, 2.45) is 5.73 Å². The van der Waals surface area contributed by atoms with Crippen molar-refractivity contribution in [1.82, 2.24) is 5.32 Å². The van der Waals surface area contributed by atoms with E-state index in [0.29, 0.717) is 18.0 Å². The summed E-state index contributed by atoms with van der Waals surface area (Å²) < 4.78 is 5.13. The van der Waals surface area contributed by atoms with Crippen LogP contribution in [-0.4, -0.2) is 30.5 Å². The number of nitrogens with two attached hydrogens (primary N) is 1. The number of rotatable bonds is 7. The molecule has 0 aromatic heterocycles. The molecule has 0 heterocycles. The molecule has 0 aliphatic rings. The highest BCUT2D eigenvalue weighted by Gasteiger charge is 2.25. The molecule has 0 radical (unpaired) electrons. The Balaban J connectivity index is 2.61. The average molecular weight is 279 g/mol. The van der Waals surface area contributed by atoms with Crippen LogP contribution in [0.25, 0.3) is 0 Å². The van der Waals surface area contributed by atoms with E-state index in [0.717, 1.165) is 0 Å². The summed E-state index contributed by atoms with van der Waals surface area (Å²) in [5, 5.41) is 5.91. The van der Waals surface area contributed by atoms with Crippen LogP contribution in [-0.2, 0) is 9.59 Å². The zero-order valence-corrected chi connectivity index (χ0v) is 12.0. The van der Waals surface area contributed by atoms with Gasteiger partial charge in [0.2, 0.25) is 5.91 Å². The quantitative estimate of drug-likeness (QED) is 0.690. The molecule has 4 N–H and O–H groups in total. The molecule has 0 saturated carbocycles. The zero-order valence-electron chi connectivity index (χ0n) is 12.0. The third-order valence-electron chi connectivity index (χ3n) is 2.68. The molecule has 0 spiro atoms. The number of amides is 2. The lowest BCUT2D eigenvalue weighted by Gasteiger charge is -2.24. The third kappa shape index (κ3) is 4.89. The summed E-state index contributed by atoms with van der Waals surface area (Å²) in [5.41, 5.74) is 5.00. The Labute approximate surface area is 118 Å².